The SMILES string of the molecule is COC(=O)c1ccc(C2CCN(S(C)(=O)=O)CC2)cc1. The zero-order valence-corrected chi connectivity index (χ0v) is 12.5. The second kappa shape index (κ2) is 5.93. The molecule has 0 aromatic heterocycles. The number of carbonyl (C=O) groups excluding carboxylic acids is 1. The van der Waals surface area contributed by atoms with E-state index in [-0.39, 0.29) is 5.97 Å². The number of sulfonamides is 1. The maximum Gasteiger partial charge on any atom is 0.337 e. The van der Waals surface area contributed by atoms with Crippen LogP contribution < -0.4 is 0 Å². The largest absolute Gasteiger partial charge is 0.465 e. The number of carbonyl (C=O) groups is 1. The molecule has 0 atom stereocenters. The first-order valence-corrected chi connectivity index (χ1v) is 8.40. The van der Waals surface area contributed by atoms with Gasteiger partial charge in [-0.05, 0) is 36.5 Å². The number of methoxy groups -OCH3 is 1. The Kier molecular flexibility index (Phi) is 4.45. The van der Waals surface area contributed by atoms with Crippen LogP contribution in [0.15, 0.2) is 24.3 Å². The van der Waals surface area contributed by atoms with Crippen molar-refractivity contribution >= 4 is 16.0 Å². The molecule has 1 aromatic rings. The van der Waals surface area contributed by atoms with E-state index in [9.17, 15) is 13.2 Å². The van der Waals surface area contributed by atoms with E-state index in [2.05, 4.69) is 4.74 Å². The third kappa shape index (κ3) is 3.37. The molecule has 20 heavy (non-hydrogen) atoms. The fourth-order valence-corrected chi connectivity index (χ4v) is 3.40. The fourth-order valence-electron chi connectivity index (χ4n) is 2.53. The van der Waals surface area contributed by atoms with Crippen molar-refractivity contribution in [1.82, 2.24) is 4.31 Å². The molecule has 2 rings (SSSR count). The van der Waals surface area contributed by atoms with Crippen LogP contribution in [0.25, 0.3) is 0 Å². The number of benzene rings is 1. The van der Waals surface area contributed by atoms with Crippen molar-refractivity contribution in [2.45, 2.75) is 18.8 Å². The number of hydrogen-bond acceptors (Lipinski definition) is 4. The van der Waals surface area contributed by atoms with Crippen molar-refractivity contribution in [1.29, 1.82) is 0 Å². The van der Waals surface area contributed by atoms with Gasteiger partial charge in [0, 0.05) is 13.1 Å². The summed E-state index contributed by atoms with van der Waals surface area (Å²) < 4.78 is 29.1. The van der Waals surface area contributed by atoms with Gasteiger partial charge in [0.25, 0.3) is 0 Å². The number of nitrogens with zero attached hydrogens (tertiary/aromatic N) is 1. The van der Waals surface area contributed by atoms with Crippen molar-refractivity contribution in [3.63, 3.8) is 0 Å². The summed E-state index contributed by atoms with van der Waals surface area (Å²) in [7, 11) is -1.72. The Balaban J connectivity index is 2.02. The molecule has 5 nitrogen and oxygen atoms in total. The molecule has 1 saturated heterocycles. The second-order valence-corrected chi connectivity index (χ2v) is 7.03. The van der Waals surface area contributed by atoms with Gasteiger partial charge in [0.15, 0.2) is 0 Å². The topological polar surface area (TPSA) is 63.7 Å². The lowest BCUT2D eigenvalue weighted by Gasteiger charge is -2.30. The summed E-state index contributed by atoms with van der Waals surface area (Å²) in [6, 6.07) is 7.36. The Labute approximate surface area is 119 Å². The van der Waals surface area contributed by atoms with E-state index in [0.717, 1.165) is 18.4 Å². The highest BCUT2D eigenvalue weighted by molar-refractivity contribution is 7.88. The first-order valence-electron chi connectivity index (χ1n) is 6.55. The number of hydrogen-bond donors (Lipinski definition) is 0. The summed E-state index contributed by atoms with van der Waals surface area (Å²) in [6.07, 6.45) is 2.87. The summed E-state index contributed by atoms with van der Waals surface area (Å²) in [6.45, 7) is 1.12. The van der Waals surface area contributed by atoms with Gasteiger partial charge in [-0.3, -0.25) is 0 Å². The van der Waals surface area contributed by atoms with E-state index in [0.29, 0.717) is 24.6 Å². The van der Waals surface area contributed by atoms with Gasteiger partial charge in [-0.1, -0.05) is 12.1 Å². The highest BCUT2D eigenvalue weighted by atomic mass is 32.2. The van der Waals surface area contributed by atoms with Crippen LogP contribution in [0.3, 0.4) is 0 Å². The number of esters is 1. The lowest BCUT2D eigenvalue weighted by molar-refractivity contribution is 0.0600. The lowest BCUT2D eigenvalue weighted by Crippen LogP contribution is -2.37. The summed E-state index contributed by atoms with van der Waals surface area (Å²) >= 11 is 0. The van der Waals surface area contributed by atoms with Gasteiger partial charge in [0.2, 0.25) is 10.0 Å². The van der Waals surface area contributed by atoms with Gasteiger partial charge >= 0.3 is 5.97 Å². The number of ether oxygens (including phenoxy) is 1. The molecule has 1 aliphatic rings. The molecule has 0 N–H and O–H groups in total. The van der Waals surface area contributed by atoms with Crippen molar-refractivity contribution in [2.24, 2.45) is 0 Å². The predicted molar refractivity (Wildman–Crippen MR) is 76.2 cm³/mol. The monoisotopic (exact) mass is 297 g/mol. The standard InChI is InChI=1S/C14H19NO4S/c1-19-14(16)13-5-3-11(4-6-13)12-7-9-15(10-8-12)20(2,17)18/h3-6,12H,7-10H2,1-2H3. The molecule has 0 unspecified atom stereocenters. The molecule has 0 bridgehead atoms. The normalized spacial score (nSPS) is 17.9. The smallest absolute Gasteiger partial charge is 0.337 e. The Morgan fingerprint density at radius 2 is 1.75 bits per heavy atom. The summed E-state index contributed by atoms with van der Waals surface area (Å²) in [5.74, 6) is 0.00291. The van der Waals surface area contributed by atoms with Gasteiger partial charge in [0.05, 0.1) is 18.9 Å². The highest BCUT2D eigenvalue weighted by Gasteiger charge is 2.25. The summed E-state index contributed by atoms with van der Waals surface area (Å²) in [4.78, 5) is 11.4. The fraction of sp³-hybridized carbons (Fsp3) is 0.500. The van der Waals surface area contributed by atoms with E-state index in [4.69, 9.17) is 0 Å². The van der Waals surface area contributed by atoms with E-state index in [1.807, 2.05) is 12.1 Å². The minimum Gasteiger partial charge on any atom is -0.465 e. The van der Waals surface area contributed by atoms with Crippen molar-refractivity contribution < 1.29 is 17.9 Å². The highest BCUT2D eigenvalue weighted by Crippen LogP contribution is 2.29. The van der Waals surface area contributed by atoms with Gasteiger partial charge in [-0.2, -0.15) is 0 Å². The molecule has 1 aromatic carbocycles. The average Bonchev–Trinajstić information content (AvgIpc) is 2.46. The Hall–Kier alpha value is -1.40. The zero-order chi connectivity index (χ0) is 14.8. The molecule has 110 valence electrons. The molecular weight excluding hydrogens is 278 g/mol. The Bertz CT molecular complexity index is 572. The van der Waals surface area contributed by atoms with Gasteiger partial charge in [-0.25, -0.2) is 17.5 Å². The molecule has 0 aliphatic carbocycles. The Morgan fingerprint density at radius 3 is 2.20 bits per heavy atom. The van der Waals surface area contributed by atoms with E-state index in [1.54, 1.807) is 12.1 Å². The van der Waals surface area contributed by atoms with Crippen LogP contribution in [-0.2, 0) is 14.8 Å². The minimum atomic E-state index is -3.08. The summed E-state index contributed by atoms with van der Waals surface area (Å²) in [5.41, 5.74) is 1.68. The molecule has 1 heterocycles. The lowest BCUT2D eigenvalue weighted by atomic mass is 9.90. The van der Waals surface area contributed by atoms with Crippen LogP contribution >= 0.6 is 0 Å². The first kappa shape index (κ1) is 15.0. The molecule has 1 aliphatic heterocycles. The minimum absolute atomic E-state index is 0.344. The predicted octanol–water partition coefficient (Wildman–Crippen LogP) is 1.61. The van der Waals surface area contributed by atoms with Crippen LogP contribution in [0.2, 0.25) is 0 Å². The quantitative estimate of drug-likeness (QED) is 0.795. The van der Waals surface area contributed by atoms with Crippen LogP contribution in [0.5, 0.6) is 0 Å². The van der Waals surface area contributed by atoms with Crippen molar-refractivity contribution in [2.75, 3.05) is 26.5 Å². The van der Waals surface area contributed by atoms with Gasteiger partial charge < -0.3 is 4.74 Å². The van der Waals surface area contributed by atoms with Gasteiger partial charge in [0.1, 0.15) is 0 Å². The maximum absolute atomic E-state index is 11.5. The third-order valence-electron chi connectivity index (χ3n) is 3.73. The van der Waals surface area contributed by atoms with Gasteiger partial charge in [-0.15, -0.1) is 0 Å². The second-order valence-electron chi connectivity index (χ2n) is 5.05. The Morgan fingerprint density at radius 1 is 1.20 bits per heavy atom. The van der Waals surface area contributed by atoms with E-state index in [1.165, 1.54) is 17.7 Å². The van der Waals surface area contributed by atoms with Crippen LogP contribution in [-0.4, -0.2) is 45.1 Å². The molecule has 1 fully saturated rings. The van der Waals surface area contributed by atoms with Crippen LogP contribution in [0, 0.1) is 0 Å². The average molecular weight is 297 g/mol. The molecular formula is C14H19NO4S. The molecule has 0 amide bonds. The molecule has 6 heteroatoms. The van der Waals surface area contributed by atoms with E-state index >= 15 is 0 Å². The molecule has 0 spiro atoms. The zero-order valence-electron chi connectivity index (χ0n) is 11.7. The maximum atomic E-state index is 11.5. The van der Waals surface area contributed by atoms with Crippen LogP contribution in [0.4, 0.5) is 0 Å². The number of rotatable bonds is 3. The van der Waals surface area contributed by atoms with Crippen LogP contribution in [0.1, 0.15) is 34.7 Å². The first-order chi connectivity index (χ1) is 9.41. The van der Waals surface area contributed by atoms with Crippen molar-refractivity contribution in [3.8, 4) is 0 Å². The van der Waals surface area contributed by atoms with E-state index < -0.39 is 10.0 Å². The summed E-state index contributed by atoms with van der Waals surface area (Å²) in [5, 5.41) is 0. The molecule has 0 saturated carbocycles. The van der Waals surface area contributed by atoms with Crippen molar-refractivity contribution in [3.05, 3.63) is 35.4 Å². The molecule has 0 radical (unpaired) electrons. The number of piperidine rings is 1. The third-order valence-corrected chi connectivity index (χ3v) is 5.03.